The Hall–Kier alpha value is -1.09. The largest absolute Gasteiger partial charge is 0.475 e. The summed E-state index contributed by atoms with van der Waals surface area (Å²) >= 11 is 0. The van der Waals surface area contributed by atoms with Crippen LogP contribution in [-0.4, -0.2) is 17.1 Å². The van der Waals surface area contributed by atoms with E-state index in [0.717, 1.165) is 23.9 Å². The molecule has 1 aromatic rings. The van der Waals surface area contributed by atoms with E-state index in [0.29, 0.717) is 6.04 Å². The van der Waals surface area contributed by atoms with E-state index in [-0.39, 0.29) is 6.10 Å². The highest BCUT2D eigenvalue weighted by molar-refractivity contribution is 5.25. The van der Waals surface area contributed by atoms with E-state index in [4.69, 9.17) is 4.74 Å². The molecule has 0 aromatic carbocycles. The highest BCUT2D eigenvalue weighted by Crippen LogP contribution is 2.27. The number of rotatable bonds is 5. The Balaban J connectivity index is 1.90. The van der Waals surface area contributed by atoms with E-state index in [1.165, 1.54) is 12.8 Å². The lowest BCUT2D eigenvalue weighted by molar-refractivity contribution is 0.222. The molecule has 3 heteroatoms. The van der Waals surface area contributed by atoms with Crippen molar-refractivity contribution in [1.29, 1.82) is 0 Å². The van der Waals surface area contributed by atoms with Crippen LogP contribution in [0, 0.1) is 5.92 Å². The molecular formula is C14H22N2O. The van der Waals surface area contributed by atoms with Gasteiger partial charge in [0.15, 0.2) is 0 Å². The Bertz CT molecular complexity index is 359. The molecule has 2 rings (SSSR count). The summed E-state index contributed by atoms with van der Waals surface area (Å²) in [5.41, 5.74) is 1.15. The lowest BCUT2D eigenvalue weighted by atomic mass is 9.82. The molecule has 17 heavy (non-hydrogen) atoms. The van der Waals surface area contributed by atoms with Crippen molar-refractivity contribution in [3.8, 4) is 5.88 Å². The molecule has 1 aliphatic carbocycles. The van der Waals surface area contributed by atoms with E-state index in [2.05, 4.69) is 23.3 Å². The van der Waals surface area contributed by atoms with E-state index < -0.39 is 0 Å². The minimum absolute atomic E-state index is 0.173. The van der Waals surface area contributed by atoms with E-state index in [9.17, 15) is 0 Å². The summed E-state index contributed by atoms with van der Waals surface area (Å²) in [6.45, 7) is 7.21. The van der Waals surface area contributed by atoms with Crippen molar-refractivity contribution in [2.24, 2.45) is 5.92 Å². The van der Waals surface area contributed by atoms with Crippen LogP contribution >= 0.6 is 0 Å². The van der Waals surface area contributed by atoms with Crippen LogP contribution in [0.2, 0.25) is 0 Å². The number of ether oxygens (including phenoxy) is 1. The van der Waals surface area contributed by atoms with Crippen LogP contribution in [0.15, 0.2) is 18.3 Å². The fraction of sp³-hybridized carbons (Fsp3) is 0.643. The van der Waals surface area contributed by atoms with Crippen molar-refractivity contribution in [3.05, 3.63) is 23.9 Å². The monoisotopic (exact) mass is 234 g/mol. The van der Waals surface area contributed by atoms with Crippen LogP contribution in [0.4, 0.5) is 0 Å². The molecule has 1 N–H and O–H groups in total. The normalized spacial score (nSPS) is 23.5. The number of nitrogens with one attached hydrogen (secondary N) is 1. The highest BCUT2D eigenvalue weighted by Gasteiger charge is 2.24. The number of nitrogens with zero attached hydrogens (tertiary/aromatic N) is 1. The topological polar surface area (TPSA) is 34.2 Å². The molecule has 0 saturated heterocycles. The van der Waals surface area contributed by atoms with Gasteiger partial charge in [-0.05, 0) is 38.7 Å². The zero-order chi connectivity index (χ0) is 12.3. The van der Waals surface area contributed by atoms with Crippen LogP contribution in [-0.2, 0) is 6.54 Å². The maximum Gasteiger partial charge on any atom is 0.218 e. The predicted molar refractivity (Wildman–Crippen MR) is 69.0 cm³/mol. The summed E-state index contributed by atoms with van der Waals surface area (Å²) < 4.78 is 5.70. The van der Waals surface area contributed by atoms with Gasteiger partial charge in [-0.2, -0.15) is 0 Å². The third kappa shape index (κ3) is 3.43. The maximum atomic E-state index is 5.70. The average Bonchev–Trinajstić information content (AvgIpc) is 2.24. The Morgan fingerprint density at radius 1 is 1.47 bits per heavy atom. The van der Waals surface area contributed by atoms with Crippen molar-refractivity contribution in [1.82, 2.24) is 10.3 Å². The van der Waals surface area contributed by atoms with Gasteiger partial charge in [-0.15, -0.1) is 0 Å². The van der Waals surface area contributed by atoms with Crippen molar-refractivity contribution in [3.63, 3.8) is 0 Å². The number of hydrogen-bond acceptors (Lipinski definition) is 3. The fourth-order valence-corrected chi connectivity index (χ4v) is 2.21. The molecule has 0 amide bonds. The predicted octanol–water partition coefficient (Wildman–Crippen LogP) is 2.76. The number of hydrogen-bond donors (Lipinski definition) is 1. The van der Waals surface area contributed by atoms with Gasteiger partial charge in [-0.3, -0.25) is 0 Å². The first-order valence-electron chi connectivity index (χ1n) is 6.49. The van der Waals surface area contributed by atoms with Crippen LogP contribution < -0.4 is 10.1 Å². The summed E-state index contributed by atoms with van der Waals surface area (Å²) in [5, 5.41) is 3.56. The lowest BCUT2D eigenvalue weighted by Crippen LogP contribution is -2.39. The third-order valence-electron chi connectivity index (χ3n) is 3.15. The quantitative estimate of drug-likeness (QED) is 0.850. The SMILES string of the molecule is CC1CC(NCc2cccnc2OC(C)C)C1. The van der Waals surface area contributed by atoms with Gasteiger partial charge in [0.05, 0.1) is 6.10 Å². The molecular weight excluding hydrogens is 212 g/mol. The lowest BCUT2D eigenvalue weighted by Gasteiger charge is -2.33. The molecule has 0 spiro atoms. The van der Waals surface area contributed by atoms with Crippen LogP contribution in [0.3, 0.4) is 0 Å². The zero-order valence-corrected chi connectivity index (χ0v) is 10.9. The van der Waals surface area contributed by atoms with Gasteiger partial charge in [-0.25, -0.2) is 4.98 Å². The molecule has 0 atom stereocenters. The molecule has 1 aromatic heterocycles. The molecule has 0 bridgehead atoms. The Kier molecular flexibility index (Phi) is 4.00. The maximum absolute atomic E-state index is 5.70. The van der Waals surface area contributed by atoms with Gasteiger partial charge >= 0.3 is 0 Å². The van der Waals surface area contributed by atoms with Crippen LogP contribution in [0.25, 0.3) is 0 Å². The van der Waals surface area contributed by atoms with Gasteiger partial charge < -0.3 is 10.1 Å². The Labute approximate surface area is 104 Å². The number of pyridine rings is 1. The minimum atomic E-state index is 0.173. The fourth-order valence-electron chi connectivity index (χ4n) is 2.21. The van der Waals surface area contributed by atoms with E-state index >= 15 is 0 Å². The van der Waals surface area contributed by atoms with Crippen molar-refractivity contribution in [2.75, 3.05) is 0 Å². The molecule has 0 aliphatic heterocycles. The molecule has 3 nitrogen and oxygen atoms in total. The molecule has 0 radical (unpaired) electrons. The second-order valence-corrected chi connectivity index (χ2v) is 5.29. The smallest absolute Gasteiger partial charge is 0.218 e. The van der Waals surface area contributed by atoms with Crippen molar-refractivity contribution < 1.29 is 4.74 Å². The minimum Gasteiger partial charge on any atom is -0.475 e. The third-order valence-corrected chi connectivity index (χ3v) is 3.15. The molecule has 94 valence electrons. The molecule has 1 heterocycles. The van der Waals surface area contributed by atoms with Crippen LogP contribution in [0.1, 0.15) is 39.2 Å². The molecule has 1 aliphatic rings. The number of aromatic nitrogens is 1. The Morgan fingerprint density at radius 2 is 2.24 bits per heavy atom. The summed E-state index contributed by atoms with van der Waals surface area (Å²) in [4.78, 5) is 4.29. The standard InChI is InChI=1S/C14H22N2O/c1-10(2)17-14-12(5-4-6-15-14)9-16-13-7-11(3)8-13/h4-6,10-11,13,16H,7-9H2,1-3H3. The first-order chi connectivity index (χ1) is 8.15. The van der Waals surface area contributed by atoms with Crippen molar-refractivity contribution >= 4 is 0 Å². The summed E-state index contributed by atoms with van der Waals surface area (Å²) in [6.07, 6.45) is 4.54. The van der Waals surface area contributed by atoms with Crippen LogP contribution in [0.5, 0.6) is 5.88 Å². The van der Waals surface area contributed by atoms with E-state index in [1.54, 1.807) is 6.20 Å². The molecule has 1 fully saturated rings. The van der Waals surface area contributed by atoms with E-state index in [1.807, 2.05) is 19.9 Å². The Morgan fingerprint density at radius 3 is 2.88 bits per heavy atom. The first kappa shape index (κ1) is 12.4. The zero-order valence-electron chi connectivity index (χ0n) is 10.9. The van der Waals surface area contributed by atoms with Gasteiger partial charge in [0.1, 0.15) is 0 Å². The van der Waals surface area contributed by atoms with Gasteiger partial charge in [0, 0.05) is 24.3 Å². The summed E-state index contributed by atoms with van der Waals surface area (Å²) in [7, 11) is 0. The van der Waals surface area contributed by atoms with Gasteiger partial charge in [-0.1, -0.05) is 13.0 Å². The van der Waals surface area contributed by atoms with Gasteiger partial charge in [0.2, 0.25) is 5.88 Å². The van der Waals surface area contributed by atoms with Crippen molar-refractivity contribution in [2.45, 2.75) is 52.3 Å². The summed E-state index contributed by atoms with van der Waals surface area (Å²) in [6, 6.07) is 4.73. The summed E-state index contributed by atoms with van der Waals surface area (Å²) in [5.74, 6) is 1.65. The molecule has 0 unspecified atom stereocenters. The second kappa shape index (κ2) is 5.50. The molecule has 1 saturated carbocycles. The van der Waals surface area contributed by atoms with Gasteiger partial charge in [0.25, 0.3) is 0 Å². The first-order valence-corrected chi connectivity index (χ1v) is 6.49. The average molecular weight is 234 g/mol. The second-order valence-electron chi connectivity index (χ2n) is 5.29. The highest BCUT2D eigenvalue weighted by atomic mass is 16.5.